The number of nitrogens with one attached hydrogen (secondary N) is 1. The molecule has 0 aliphatic rings. The molecule has 2 amide bonds. The van der Waals surface area contributed by atoms with Crippen LogP contribution in [0.4, 0.5) is 23.2 Å². The zero-order valence-electron chi connectivity index (χ0n) is 16.7. The summed E-state index contributed by atoms with van der Waals surface area (Å²) < 4.78 is 64.4. The van der Waals surface area contributed by atoms with Crippen LogP contribution in [0.15, 0.2) is 48.7 Å². The van der Waals surface area contributed by atoms with Crippen LogP contribution in [-0.4, -0.2) is 23.9 Å². The van der Waals surface area contributed by atoms with Crippen LogP contribution in [0.1, 0.15) is 26.4 Å². The molecule has 0 aliphatic carbocycles. The number of methoxy groups -OCH3 is 1. The number of pyridine rings is 1. The molecule has 0 saturated carbocycles. The summed E-state index contributed by atoms with van der Waals surface area (Å²) in [5.41, 5.74) is 3.14. The quantitative estimate of drug-likeness (QED) is 0.478. The SMILES string of the molecule is COc1c(C(F)(F)F)ccc(Oc2ccc(F)cc2Cl)c1C(=O)Nc1ccnc(C(N)=O)c1. The molecule has 0 bridgehead atoms. The molecule has 33 heavy (non-hydrogen) atoms. The first kappa shape index (κ1) is 23.8. The average Bonchev–Trinajstić information content (AvgIpc) is 2.74. The van der Waals surface area contributed by atoms with Crippen LogP contribution >= 0.6 is 11.6 Å². The standard InChI is InChI=1S/C21H14ClF4N3O4/c1-32-18-12(21(24,25)26)3-5-16(33-15-4-2-10(23)8-13(15)22)17(18)20(31)29-11-6-7-28-14(9-11)19(27)30/h2-9H,1H3,(H2,27,30)(H,28,29,31). The fraction of sp³-hybridized carbons (Fsp3) is 0.0952. The number of hydrogen-bond donors (Lipinski definition) is 2. The number of nitrogens with zero attached hydrogens (tertiary/aromatic N) is 1. The lowest BCUT2D eigenvalue weighted by Gasteiger charge is -2.19. The van der Waals surface area contributed by atoms with Crippen molar-refractivity contribution in [1.82, 2.24) is 4.98 Å². The molecule has 0 atom stereocenters. The molecule has 2 aromatic carbocycles. The van der Waals surface area contributed by atoms with Gasteiger partial charge in [0, 0.05) is 11.9 Å². The number of rotatable bonds is 6. The highest BCUT2D eigenvalue weighted by Crippen LogP contribution is 2.43. The van der Waals surface area contributed by atoms with E-state index < -0.39 is 40.7 Å². The number of ether oxygens (including phenoxy) is 2. The van der Waals surface area contributed by atoms with Gasteiger partial charge >= 0.3 is 6.18 Å². The largest absolute Gasteiger partial charge is 0.495 e. The molecule has 0 spiro atoms. The van der Waals surface area contributed by atoms with Crippen molar-refractivity contribution in [3.8, 4) is 17.2 Å². The number of nitrogens with two attached hydrogens (primary N) is 1. The van der Waals surface area contributed by atoms with Gasteiger partial charge in [-0.25, -0.2) is 4.39 Å². The minimum Gasteiger partial charge on any atom is -0.495 e. The number of carbonyl (C=O) groups excluding carboxylic acids is 2. The molecular weight excluding hydrogens is 470 g/mol. The normalized spacial score (nSPS) is 11.1. The van der Waals surface area contributed by atoms with E-state index in [9.17, 15) is 27.2 Å². The minimum absolute atomic E-state index is 0.0222. The zero-order chi connectivity index (χ0) is 24.3. The Balaban J connectivity index is 2.12. The van der Waals surface area contributed by atoms with Gasteiger partial charge in [0.25, 0.3) is 11.8 Å². The van der Waals surface area contributed by atoms with Gasteiger partial charge in [-0.2, -0.15) is 13.2 Å². The lowest BCUT2D eigenvalue weighted by atomic mass is 10.1. The van der Waals surface area contributed by atoms with E-state index in [1.54, 1.807) is 0 Å². The minimum atomic E-state index is -4.86. The predicted octanol–water partition coefficient (Wildman–Crippen LogP) is 5.05. The third-order valence-corrected chi connectivity index (χ3v) is 4.54. The van der Waals surface area contributed by atoms with E-state index in [-0.39, 0.29) is 27.9 Å². The summed E-state index contributed by atoms with van der Waals surface area (Å²) in [5.74, 6) is -3.90. The van der Waals surface area contributed by atoms with Crippen LogP contribution in [0, 0.1) is 5.82 Å². The first-order valence-corrected chi connectivity index (χ1v) is 9.37. The van der Waals surface area contributed by atoms with E-state index in [2.05, 4.69) is 10.3 Å². The lowest BCUT2D eigenvalue weighted by Crippen LogP contribution is -2.19. The van der Waals surface area contributed by atoms with Gasteiger partial charge < -0.3 is 20.5 Å². The number of aromatic nitrogens is 1. The monoisotopic (exact) mass is 483 g/mol. The molecule has 0 unspecified atom stereocenters. The molecule has 3 N–H and O–H groups in total. The highest BCUT2D eigenvalue weighted by molar-refractivity contribution is 6.32. The summed E-state index contributed by atoms with van der Waals surface area (Å²) in [7, 11) is 0.952. The van der Waals surface area contributed by atoms with E-state index in [1.165, 1.54) is 12.3 Å². The molecule has 0 fully saturated rings. The Morgan fingerprint density at radius 2 is 1.79 bits per heavy atom. The number of benzene rings is 2. The Kier molecular flexibility index (Phi) is 6.73. The molecule has 3 aromatic rings. The van der Waals surface area contributed by atoms with Crippen LogP contribution in [0.25, 0.3) is 0 Å². The Morgan fingerprint density at radius 3 is 2.39 bits per heavy atom. The zero-order valence-corrected chi connectivity index (χ0v) is 17.4. The second kappa shape index (κ2) is 9.33. The average molecular weight is 484 g/mol. The summed E-state index contributed by atoms with van der Waals surface area (Å²) in [6.07, 6.45) is -3.68. The van der Waals surface area contributed by atoms with Crippen LogP contribution in [0.2, 0.25) is 5.02 Å². The molecular formula is C21H14ClF4N3O4. The molecule has 0 radical (unpaired) electrons. The Morgan fingerprint density at radius 1 is 1.09 bits per heavy atom. The summed E-state index contributed by atoms with van der Waals surface area (Å²) >= 11 is 5.94. The number of carbonyl (C=O) groups is 2. The Hall–Kier alpha value is -3.86. The van der Waals surface area contributed by atoms with Gasteiger partial charge in [0.2, 0.25) is 0 Å². The molecule has 1 aromatic heterocycles. The molecule has 0 saturated heterocycles. The van der Waals surface area contributed by atoms with Crippen LogP contribution < -0.4 is 20.5 Å². The van der Waals surface area contributed by atoms with Crippen molar-refractivity contribution in [2.45, 2.75) is 6.18 Å². The van der Waals surface area contributed by atoms with Crippen LogP contribution in [0.3, 0.4) is 0 Å². The maximum absolute atomic E-state index is 13.5. The van der Waals surface area contributed by atoms with E-state index in [0.717, 1.165) is 37.4 Å². The van der Waals surface area contributed by atoms with E-state index in [0.29, 0.717) is 6.07 Å². The van der Waals surface area contributed by atoms with Gasteiger partial charge in [0.1, 0.15) is 34.3 Å². The van der Waals surface area contributed by atoms with Crippen molar-refractivity contribution >= 4 is 29.1 Å². The number of alkyl halides is 3. The van der Waals surface area contributed by atoms with Crippen molar-refractivity contribution in [3.63, 3.8) is 0 Å². The van der Waals surface area contributed by atoms with Gasteiger partial charge in [-0.1, -0.05) is 11.6 Å². The molecule has 7 nitrogen and oxygen atoms in total. The topological polar surface area (TPSA) is 104 Å². The van der Waals surface area contributed by atoms with E-state index in [4.69, 9.17) is 26.8 Å². The number of primary amides is 1. The van der Waals surface area contributed by atoms with Crippen LogP contribution in [-0.2, 0) is 6.18 Å². The number of hydrogen-bond acceptors (Lipinski definition) is 5. The summed E-state index contributed by atoms with van der Waals surface area (Å²) in [6.45, 7) is 0. The van der Waals surface area contributed by atoms with Gasteiger partial charge in [-0.15, -0.1) is 0 Å². The van der Waals surface area contributed by atoms with E-state index in [1.807, 2.05) is 0 Å². The van der Waals surface area contributed by atoms with Crippen molar-refractivity contribution in [3.05, 3.63) is 76.3 Å². The fourth-order valence-corrected chi connectivity index (χ4v) is 3.02. The third kappa shape index (κ3) is 5.32. The summed E-state index contributed by atoms with van der Waals surface area (Å²) in [4.78, 5) is 28.1. The van der Waals surface area contributed by atoms with Gasteiger partial charge in [-0.3, -0.25) is 14.6 Å². The van der Waals surface area contributed by atoms with Crippen molar-refractivity contribution in [1.29, 1.82) is 0 Å². The second-order valence-electron chi connectivity index (χ2n) is 6.44. The van der Waals surface area contributed by atoms with E-state index >= 15 is 0 Å². The maximum Gasteiger partial charge on any atom is 0.419 e. The molecule has 0 aliphatic heterocycles. The molecule has 12 heteroatoms. The third-order valence-electron chi connectivity index (χ3n) is 4.24. The molecule has 1 heterocycles. The summed E-state index contributed by atoms with van der Waals surface area (Å²) in [6, 6.07) is 7.09. The van der Waals surface area contributed by atoms with Crippen molar-refractivity contribution < 1.29 is 36.6 Å². The number of anilines is 1. The summed E-state index contributed by atoms with van der Waals surface area (Å²) in [5, 5.41) is 2.17. The maximum atomic E-state index is 13.5. The first-order chi connectivity index (χ1) is 15.5. The van der Waals surface area contributed by atoms with Crippen molar-refractivity contribution in [2.75, 3.05) is 12.4 Å². The first-order valence-electron chi connectivity index (χ1n) is 8.99. The van der Waals surface area contributed by atoms with Gasteiger partial charge in [-0.05, 0) is 42.5 Å². The van der Waals surface area contributed by atoms with Crippen LogP contribution in [0.5, 0.6) is 17.2 Å². The lowest BCUT2D eigenvalue weighted by molar-refractivity contribution is -0.138. The number of amides is 2. The second-order valence-corrected chi connectivity index (χ2v) is 6.85. The molecule has 3 rings (SSSR count). The molecule has 172 valence electrons. The fourth-order valence-electron chi connectivity index (χ4n) is 2.81. The number of halogens is 5. The van der Waals surface area contributed by atoms with Crippen molar-refractivity contribution in [2.24, 2.45) is 5.73 Å². The predicted molar refractivity (Wildman–Crippen MR) is 110 cm³/mol. The Labute approximate surface area is 189 Å². The highest BCUT2D eigenvalue weighted by atomic mass is 35.5. The smallest absolute Gasteiger partial charge is 0.419 e. The van der Waals surface area contributed by atoms with Gasteiger partial charge in [0.15, 0.2) is 0 Å². The van der Waals surface area contributed by atoms with Gasteiger partial charge in [0.05, 0.1) is 17.7 Å². The Bertz CT molecular complexity index is 1230. The highest BCUT2D eigenvalue weighted by Gasteiger charge is 2.38.